The lowest BCUT2D eigenvalue weighted by Gasteiger charge is -2.10. The average Bonchev–Trinajstić information content (AvgIpc) is 2.32. The number of aromatic nitrogens is 2. The number of ether oxygens (including phenoxy) is 1. The number of nitrogens with zero attached hydrogens (tertiary/aromatic N) is 2. The van der Waals surface area contributed by atoms with Crippen LogP contribution in [0.4, 0.5) is 5.82 Å². The van der Waals surface area contributed by atoms with Gasteiger partial charge < -0.3 is 20.3 Å². The molecular formula is C10H16ClN3O3. The van der Waals surface area contributed by atoms with Crippen LogP contribution < -0.4 is 5.32 Å². The minimum Gasteiger partial charge on any atom is -0.394 e. The van der Waals surface area contributed by atoms with Gasteiger partial charge in [0, 0.05) is 19.2 Å². The van der Waals surface area contributed by atoms with Crippen molar-refractivity contribution in [1.82, 2.24) is 9.97 Å². The van der Waals surface area contributed by atoms with Crippen molar-refractivity contribution in [3.05, 3.63) is 17.0 Å². The number of aliphatic hydroxyl groups excluding tert-OH is 2. The molecule has 0 saturated carbocycles. The van der Waals surface area contributed by atoms with Gasteiger partial charge in [-0.25, -0.2) is 9.97 Å². The summed E-state index contributed by atoms with van der Waals surface area (Å²) in [7, 11) is 0. The number of hydrogen-bond acceptors (Lipinski definition) is 6. The number of hydrogen-bond donors (Lipinski definition) is 3. The average molecular weight is 262 g/mol. The fourth-order valence-corrected chi connectivity index (χ4v) is 1.30. The molecule has 1 atom stereocenters. The van der Waals surface area contributed by atoms with E-state index in [0.29, 0.717) is 23.4 Å². The van der Waals surface area contributed by atoms with Crippen molar-refractivity contribution >= 4 is 17.4 Å². The van der Waals surface area contributed by atoms with E-state index in [1.165, 1.54) is 0 Å². The maximum absolute atomic E-state index is 9.19. The van der Waals surface area contributed by atoms with Gasteiger partial charge in [0.25, 0.3) is 0 Å². The third kappa shape index (κ3) is 5.27. The van der Waals surface area contributed by atoms with Gasteiger partial charge >= 0.3 is 0 Å². The molecular weight excluding hydrogens is 246 g/mol. The summed E-state index contributed by atoms with van der Waals surface area (Å²) in [6.45, 7) is 2.62. The molecule has 1 rings (SSSR count). The maximum atomic E-state index is 9.19. The molecule has 0 aromatic carbocycles. The van der Waals surface area contributed by atoms with Crippen molar-refractivity contribution in [2.24, 2.45) is 0 Å². The minimum atomic E-state index is -0.834. The number of rotatable bonds is 7. The smallest absolute Gasteiger partial charge is 0.158 e. The van der Waals surface area contributed by atoms with Crippen molar-refractivity contribution in [3.63, 3.8) is 0 Å². The molecule has 3 N–H and O–H groups in total. The molecule has 0 fully saturated rings. The van der Waals surface area contributed by atoms with Crippen LogP contribution in [0.5, 0.6) is 0 Å². The van der Waals surface area contributed by atoms with Crippen molar-refractivity contribution in [2.45, 2.75) is 19.6 Å². The minimum absolute atomic E-state index is 0.192. The summed E-state index contributed by atoms with van der Waals surface area (Å²) in [5.74, 6) is 0.965. The lowest BCUT2D eigenvalue weighted by Crippen LogP contribution is -2.23. The molecule has 17 heavy (non-hydrogen) atoms. The molecule has 0 radical (unpaired) electrons. The van der Waals surface area contributed by atoms with Crippen LogP contribution in [0.15, 0.2) is 6.07 Å². The van der Waals surface area contributed by atoms with E-state index in [0.717, 1.165) is 0 Å². The second-order valence-corrected chi connectivity index (χ2v) is 3.73. The van der Waals surface area contributed by atoms with Gasteiger partial charge in [-0.15, -0.1) is 0 Å². The molecule has 0 saturated heterocycles. The van der Waals surface area contributed by atoms with Crippen LogP contribution in [-0.4, -0.2) is 46.0 Å². The van der Waals surface area contributed by atoms with E-state index in [4.69, 9.17) is 21.4 Å². The molecule has 0 aliphatic heterocycles. The van der Waals surface area contributed by atoms with Crippen LogP contribution in [0.1, 0.15) is 12.7 Å². The summed E-state index contributed by atoms with van der Waals surface area (Å²) >= 11 is 5.82. The summed E-state index contributed by atoms with van der Waals surface area (Å²) in [6, 6.07) is 1.54. The summed E-state index contributed by atoms with van der Waals surface area (Å²) in [6.07, 6.45) is -0.834. The van der Waals surface area contributed by atoms with Gasteiger partial charge in [-0.2, -0.15) is 0 Å². The van der Waals surface area contributed by atoms with Gasteiger partial charge in [0.1, 0.15) is 17.6 Å². The van der Waals surface area contributed by atoms with Gasteiger partial charge in [0.15, 0.2) is 5.82 Å². The van der Waals surface area contributed by atoms with E-state index in [2.05, 4.69) is 15.3 Å². The zero-order chi connectivity index (χ0) is 12.7. The zero-order valence-corrected chi connectivity index (χ0v) is 10.3. The molecule has 1 aromatic heterocycles. The Morgan fingerprint density at radius 3 is 2.94 bits per heavy atom. The number of nitrogens with one attached hydrogen (secondary N) is 1. The van der Waals surface area contributed by atoms with Gasteiger partial charge in [0.05, 0.1) is 12.7 Å². The first-order valence-electron chi connectivity index (χ1n) is 5.29. The number of aliphatic hydroxyl groups is 2. The Morgan fingerprint density at radius 2 is 2.29 bits per heavy atom. The maximum Gasteiger partial charge on any atom is 0.158 e. The highest BCUT2D eigenvalue weighted by molar-refractivity contribution is 6.29. The van der Waals surface area contributed by atoms with Crippen LogP contribution in [0.3, 0.4) is 0 Å². The van der Waals surface area contributed by atoms with Crippen LogP contribution in [0, 0.1) is 0 Å². The first-order valence-corrected chi connectivity index (χ1v) is 5.67. The van der Waals surface area contributed by atoms with Gasteiger partial charge in [0.2, 0.25) is 0 Å². The van der Waals surface area contributed by atoms with Crippen LogP contribution in [-0.2, 0) is 11.3 Å². The summed E-state index contributed by atoms with van der Waals surface area (Å²) in [5.41, 5.74) is 0. The first-order chi connectivity index (χ1) is 8.15. The second kappa shape index (κ2) is 7.39. The van der Waals surface area contributed by atoms with E-state index in [1.807, 2.05) is 6.92 Å². The zero-order valence-electron chi connectivity index (χ0n) is 9.56. The lowest BCUT2D eigenvalue weighted by molar-refractivity contribution is 0.105. The Morgan fingerprint density at radius 1 is 1.53 bits per heavy atom. The predicted octanol–water partition coefficient (Wildman–Crippen LogP) is 0.432. The topological polar surface area (TPSA) is 87.5 Å². The summed E-state index contributed by atoms with van der Waals surface area (Å²) in [4.78, 5) is 8.15. The largest absolute Gasteiger partial charge is 0.394 e. The quantitative estimate of drug-likeness (QED) is 0.617. The van der Waals surface area contributed by atoms with Crippen molar-refractivity contribution in [3.8, 4) is 0 Å². The molecule has 1 unspecified atom stereocenters. The molecule has 96 valence electrons. The molecule has 6 nitrogen and oxygen atoms in total. The molecule has 0 aliphatic carbocycles. The predicted molar refractivity (Wildman–Crippen MR) is 64.0 cm³/mol. The lowest BCUT2D eigenvalue weighted by atomic mass is 10.4. The molecule has 0 bridgehead atoms. The highest BCUT2D eigenvalue weighted by Crippen LogP contribution is 2.12. The first kappa shape index (κ1) is 14.1. The van der Waals surface area contributed by atoms with Gasteiger partial charge in [-0.3, -0.25) is 0 Å². The Balaban J connectivity index is 2.61. The molecule has 0 aliphatic rings. The standard InChI is InChI=1S/C10H16ClN3O3/c1-2-17-6-10-13-8(11)3-9(14-10)12-4-7(16)5-15/h3,7,15-16H,2,4-6H2,1H3,(H,12,13,14). The van der Waals surface area contributed by atoms with E-state index in [-0.39, 0.29) is 19.8 Å². The van der Waals surface area contributed by atoms with Gasteiger partial charge in [-0.1, -0.05) is 11.6 Å². The second-order valence-electron chi connectivity index (χ2n) is 3.35. The Bertz CT molecular complexity index is 352. The van der Waals surface area contributed by atoms with E-state index >= 15 is 0 Å². The summed E-state index contributed by atoms with van der Waals surface area (Å²) < 4.78 is 5.18. The third-order valence-electron chi connectivity index (χ3n) is 1.91. The third-order valence-corrected chi connectivity index (χ3v) is 2.10. The molecule has 0 spiro atoms. The van der Waals surface area contributed by atoms with Crippen LogP contribution >= 0.6 is 11.6 Å². The highest BCUT2D eigenvalue weighted by Gasteiger charge is 2.05. The summed E-state index contributed by atoms with van der Waals surface area (Å²) in [5, 5.41) is 21.0. The van der Waals surface area contributed by atoms with E-state index in [1.54, 1.807) is 6.07 Å². The van der Waals surface area contributed by atoms with E-state index < -0.39 is 6.10 Å². The Labute approximate surface area is 105 Å². The van der Waals surface area contributed by atoms with Gasteiger partial charge in [-0.05, 0) is 6.92 Å². The van der Waals surface area contributed by atoms with E-state index in [9.17, 15) is 5.11 Å². The SMILES string of the molecule is CCOCc1nc(Cl)cc(NCC(O)CO)n1. The molecule has 7 heteroatoms. The van der Waals surface area contributed by atoms with Crippen LogP contribution in [0.2, 0.25) is 5.15 Å². The van der Waals surface area contributed by atoms with Crippen molar-refractivity contribution < 1.29 is 14.9 Å². The monoisotopic (exact) mass is 261 g/mol. The molecule has 1 heterocycles. The molecule has 0 amide bonds. The normalized spacial score (nSPS) is 12.5. The van der Waals surface area contributed by atoms with Crippen molar-refractivity contribution in [1.29, 1.82) is 0 Å². The Kier molecular flexibility index (Phi) is 6.13. The number of anilines is 1. The van der Waals surface area contributed by atoms with Crippen molar-refractivity contribution in [2.75, 3.05) is 25.1 Å². The molecule has 1 aromatic rings. The van der Waals surface area contributed by atoms with Crippen LogP contribution in [0.25, 0.3) is 0 Å². The highest BCUT2D eigenvalue weighted by atomic mass is 35.5. The Hall–Kier alpha value is -0.950. The number of halogens is 1. The fourth-order valence-electron chi connectivity index (χ4n) is 1.10. The fraction of sp³-hybridized carbons (Fsp3) is 0.600.